The molecule has 0 radical (unpaired) electrons. The number of benzene rings is 1. The molecule has 0 amide bonds. The predicted molar refractivity (Wildman–Crippen MR) is 70.8 cm³/mol. The van der Waals surface area contributed by atoms with E-state index >= 15 is 0 Å². The molecule has 0 aliphatic heterocycles. The quantitative estimate of drug-likeness (QED) is 0.619. The van der Waals surface area contributed by atoms with Gasteiger partial charge in [0.1, 0.15) is 0 Å². The van der Waals surface area contributed by atoms with Crippen molar-refractivity contribution in [1.82, 2.24) is 0 Å². The summed E-state index contributed by atoms with van der Waals surface area (Å²) in [5, 5.41) is -0.438. The first-order valence-electron chi connectivity index (χ1n) is 5.59. The lowest BCUT2D eigenvalue weighted by Crippen LogP contribution is -2.13. The summed E-state index contributed by atoms with van der Waals surface area (Å²) in [6, 6.07) is 5.55. The summed E-state index contributed by atoms with van der Waals surface area (Å²) < 4.78 is 9.65. The topological polar surface area (TPSA) is 52.6 Å². The molecule has 0 spiro atoms. The number of carbonyl (C=O) groups is 2. The van der Waals surface area contributed by atoms with Crippen LogP contribution in [-0.2, 0) is 9.47 Å². The second kappa shape index (κ2) is 7.06. The Kier molecular flexibility index (Phi) is 5.71. The van der Waals surface area contributed by atoms with Crippen LogP contribution in [0.15, 0.2) is 18.2 Å². The van der Waals surface area contributed by atoms with Crippen molar-refractivity contribution >= 4 is 23.0 Å². The standard InChI is InChI=1S/C13H16O4S/c1-4-18-13(15)17-8-16-12(14)11-9(2)6-5-7-10(11)3/h5-7H,4,8H2,1-3H3. The number of carbonyl (C=O) groups excluding carboxylic acids is 2. The van der Waals surface area contributed by atoms with E-state index in [-0.39, 0.29) is 6.79 Å². The van der Waals surface area contributed by atoms with E-state index in [1.165, 1.54) is 0 Å². The van der Waals surface area contributed by atoms with E-state index < -0.39 is 11.3 Å². The van der Waals surface area contributed by atoms with Gasteiger partial charge in [-0.05, 0) is 36.7 Å². The number of rotatable bonds is 4. The zero-order valence-electron chi connectivity index (χ0n) is 10.7. The average molecular weight is 268 g/mol. The van der Waals surface area contributed by atoms with Crippen molar-refractivity contribution in [2.24, 2.45) is 0 Å². The van der Waals surface area contributed by atoms with Crippen LogP contribution in [0.3, 0.4) is 0 Å². The molecule has 0 aromatic heterocycles. The molecule has 0 aliphatic rings. The van der Waals surface area contributed by atoms with Crippen molar-refractivity contribution < 1.29 is 19.1 Å². The molecule has 0 fully saturated rings. The van der Waals surface area contributed by atoms with Crippen LogP contribution in [0.5, 0.6) is 0 Å². The minimum absolute atomic E-state index is 0.349. The molecule has 0 heterocycles. The van der Waals surface area contributed by atoms with E-state index in [9.17, 15) is 9.59 Å². The first kappa shape index (κ1) is 14.6. The van der Waals surface area contributed by atoms with Crippen molar-refractivity contribution in [1.29, 1.82) is 0 Å². The van der Waals surface area contributed by atoms with Crippen LogP contribution in [0.4, 0.5) is 4.79 Å². The van der Waals surface area contributed by atoms with Gasteiger partial charge in [0.05, 0.1) is 5.56 Å². The largest absolute Gasteiger partial charge is 0.424 e. The molecule has 0 N–H and O–H groups in total. The minimum atomic E-state index is -0.472. The Morgan fingerprint density at radius 3 is 2.33 bits per heavy atom. The lowest BCUT2D eigenvalue weighted by Gasteiger charge is -2.09. The first-order chi connectivity index (χ1) is 8.56. The smallest absolute Gasteiger partial charge is 0.370 e. The normalized spacial score (nSPS) is 9.94. The van der Waals surface area contributed by atoms with Gasteiger partial charge < -0.3 is 9.47 Å². The number of esters is 1. The van der Waals surface area contributed by atoms with Gasteiger partial charge in [0.25, 0.3) is 0 Å². The molecule has 1 aromatic rings. The van der Waals surface area contributed by atoms with Gasteiger partial charge in [0.2, 0.25) is 6.79 Å². The summed E-state index contributed by atoms with van der Waals surface area (Å²) in [4.78, 5) is 22.8. The molecule has 0 unspecified atom stereocenters. The fourth-order valence-corrected chi connectivity index (χ4v) is 1.87. The molecule has 18 heavy (non-hydrogen) atoms. The van der Waals surface area contributed by atoms with Crippen LogP contribution < -0.4 is 0 Å². The number of ether oxygens (including phenoxy) is 2. The van der Waals surface area contributed by atoms with Crippen LogP contribution in [-0.4, -0.2) is 23.8 Å². The number of aryl methyl sites for hydroxylation is 2. The highest BCUT2D eigenvalue weighted by Crippen LogP contribution is 2.14. The zero-order valence-corrected chi connectivity index (χ0v) is 11.5. The summed E-state index contributed by atoms with van der Waals surface area (Å²) in [6.07, 6.45) is 0. The van der Waals surface area contributed by atoms with Crippen molar-refractivity contribution in [3.05, 3.63) is 34.9 Å². The Morgan fingerprint density at radius 1 is 1.17 bits per heavy atom. The third kappa shape index (κ3) is 4.07. The van der Waals surface area contributed by atoms with Gasteiger partial charge in [-0.1, -0.05) is 25.1 Å². The second-order valence-corrected chi connectivity index (χ2v) is 4.84. The van der Waals surface area contributed by atoms with Crippen molar-refractivity contribution in [2.45, 2.75) is 20.8 Å². The Bertz CT molecular complexity index is 422. The van der Waals surface area contributed by atoms with Crippen molar-refractivity contribution in [2.75, 3.05) is 12.5 Å². The summed E-state index contributed by atoms with van der Waals surface area (Å²) in [5.41, 5.74) is 2.21. The molecule has 98 valence electrons. The molecular formula is C13H16O4S. The maximum Gasteiger partial charge on any atom is 0.370 e. The molecule has 0 saturated heterocycles. The highest BCUT2D eigenvalue weighted by Gasteiger charge is 2.13. The molecule has 0 aliphatic carbocycles. The molecule has 1 aromatic carbocycles. The first-order valence-corrected chi connectivity index (χ1v) is 6.57. The molecule has 0 bridgehead atoms. The fourth-order valence-electron chi connectivity index (χ4n) is 1.50. The Labute approximate surface area is 111 Å². The van der Waals surface area contributed by atoms with Gasteiger partial charge in [-0.3, -0.25) is 0 Å². The lowest BCUT2D eigenvalue weighted by atomic mass is 10.0. The minimum Gasteiger partial charge on any atom is -0.424 e. The highest BCUT2D eigenvalue weighted by atomic mass is 32.2. The van der Waals surface area contributed by atoms with Gasteiger partial charge in [-0.15, -0.1) is 0 Å². The number of hydrogen-bond acceptors (Lipinski definition) is 5. The van der Waals surface area contributed by atoms with E-state index in [1.807, 2.05) is 39.0 Å². The molecule has 1 rings (SSSR count). The maximum absolute atomic E-state index is 11.8. The summed E-state index contributed by atoms with van der Waals surface area (Å²) in [6.45, 7) is 5.16. The Balaban J connectivity index is 2.53. The number of hydrogen-bond donors (Lipinski definition) is 0. The summed E-state index contributed by atoms with van der Waals surface area (Å²) in [7, 11) is 0. The SMILES string of the molecule is CCSC(=O)OCOC(=O)c1c(C)cccc1C. The zero-order chi connectivity index (χ0) is 13.5. The monoisotopic (exact) mass is 268 g/mol. The average Bonchev–Trinajstić information content (AvgIpc) is 2.29. The van der Waals surface area contributed by atoms with E-state index in [1.54, 1.807) is 0 Å². The molecular weight excluding hydrogens is 252 g/mol. The molecule has 0 saturated carbocycles. The lowest BCUT2D eigenvalue weighted by molar-refractivity contribution is 0.00396. The summed E-state index contributed by atoms with van der Waals surface area (Å²) in [5.74, 6) is 0.156. The molecule has 4 nitrogen and oxygen atoms in total. The fraction of sp³-hybridized carbons (Fsp3) is 0.385. The highest BCUT2D eigenvalue weighted by molar-refractivity contribution is 8.13. The van der Waals surface area contributed by atoms with Crippen LogP contribution in [0.1, 0.15) is 28.4 Å². The van der Waals surface area contributed by atoms with Crippen molar-refractivity contribution in [3.63, 3.8) is 0 Å². The van der Waals surface area contributed by atoms with Crippen LogP contribution >= 0.6 is 11.8 Å². The van der Waals surface area contributed by atoms with E-state index in [4.69, 9.17) is 9.47 Å². The molecule has 0 atom stereocenters. The molecule has 5 heteroatoms. The van der Waals surface area contributed by atoms with Crippen molar-refractivity contribution in [3.8, 4) is 0 Å². The second-order valence-electron chi connectivity index (χ2n) is 3.64. The number of thioether (sulfide) groups is 1. The summed E-state index contributed by atoms with van der Waals surface area (Å²) >= 11 is 1.03. The van der Waals surface area contributed by atoms with E-state index in [0.29, 0.717) is 11.3 Å². The third-order valence-corrected chi connectivity index (χ3v) is 2.96. The Hall–Kier alpha value is -1.49. The van der Waals surface area contributed by atoms with Crippen LogP contribution in [0.25, 0.3) is 0 Å². The van der Waals surface area contributed by atoms with Crippen LogP contribution in [0.2, 0.25) is 0 Å². The van der Waals surface area contributed by atoms with Gasteiger partial charge in [-0.25, -0.2) is 9.59 Å². The van der Waals surface area contributed by atoms with E-state index in [0.717, 1.165) is 22.9 Å². The van der Waals surface area contributed by atoms with Gasteiger partial charge >= 0.3 is 11.3 Å². The van der Waals surface area contributed by atoms with Gasteiger partial charge in [0, 0.05) is 5.75 Å². The van der Waals surface area contributed by atoms with E-state index in [2.05, 4.69) is 0 Å². The van der Waals surface area contributed by atoms with Gasteiger partial charge in [-0.2, -0.15) is 0 Å². The Morgan fingerprint density at radius 2 is 1.78 bits per heavy atom. The van der Waals surface area contributed by atoms with Gasteiger partial charge in [0.15, 0.2) is 0 Å². The maximum atomic E-state index is 11.8. The third-order valence-electron chi connectivity index (χ3n) is 2.31. The predicted octanol–water partition coefficient (Wildman–Crippen LogP) is 3.31. The van der Waals surface area contributed by atoms with Crippen LogP contribution in [0, 0.1) is 13.8 Å².